The Morgan fingerprint density at radius 1 is 0.595 bits per heavy atom. The van der Waals surface area contributed by atoms with Crippen molar-refractivity contribution >= 4 is 5.91 Å². The minimum atomic E-state index is -0.869. The van der Waals surface area contributed by atoms with Gasteiger partial charge in [0, 0.05) is 6.42 Å². The number of allylic oxidation sites excluding steroid dienone is 9. The van der Waals surface area contributed by atoms with E-state index in [0.717, 1.165) is 64.2 Å². The first-order valence-corrected chi connectivity index (χ1v) is 17.5. The van der Waals surface area contributed by atoms with Crippen LogP contribution in [0.25, 0.3) is 0 Å². The summed E-state index contributed by atoms with van der Waals surface area (Å²) in [5, 5.41) is 22.8. The van der Waals surface area contributed by atoms with Crippen LogP contribution in [0.1, 0.15) is 155 Å². The van der Waals surface area contributed by atoms with Gasteiger partial charge in [0.05, 0.1) is 18.8 Å². The normalized spacial score (nSPS) is 13.9. The molecule has 0 heterocycles. The molecule has 0 rings (SSSR count). The van der Waals surface area contributed by atoms with Gasteiger partial charge >= 0.3 is 0 Å². The third-order valence-corrected chi connectivity index (χ3v) is 7.48. The van der Waals surface area contributed by atoms with Gasteiger partial charge in [-0.25, -0.2) is 0 Å². The minimum Gasteiger partial charge on any atom is -0.394 e. The lowest BCUT2D eigenvalue weighted by Gasteiger charge is -2.19. The van der Waals surface area contributed by atoms with E-state index in [1.165, 1.54) is 70.6 Å². The highest BCUT2D eigenvalue weighted by Crippen LogP contribution is 2.11. The van der Waals surface area contributed by atoms with Gasteiger partial charge in [0.2, 0.25) is 5.91 Å². The van der Waals surface area contributed by atoms with Crippen molar-refractivity contribution in [1.82, 2.24) is 5.32 Å². The molecule has 0 aromatic rings. The van der Waals surface area contributed by atoms with Crippen LogP contribution in [0, 0.1) is 0 Å². The van der Waals surface area contributed by atoms with Crippen LogP contribution in [-0.2, 0) is 4.79 Å². The van der Waals surface area contributed by atoms with Crippen LogP contribution in [0.4, 0.5) is 0 Å². The van der Waals surface area contributed by atoms with Crippen molar-refractivity contribution in [3.63, 3.8) is 0 Å². The van der Waals surface area contributed by atoms with Crippen LogP contribution in [0.5, 0.6) is 0 Å². The van der Waals surface area contributed by atoms with Gasteiger partial charge in [0.25, 0.3) is 0 Å². The Morgan fingerprint density at radius 2 is 1.07 bits per heavy atom. The highest BCUT2D eigenvalue weighted by Gasteiger charge is 2.17. The minimum absolute atomic E-state index is 0.0953. The highest BCUT2D eigenvalue weighted by molar-refractivity contribution is 5.76. The quantitative estimate of drug-likeness (QED) is 0.0580. The first-order valence-electron chi connectivity index (χ1n) is 17.5. The van der Waals surface area contributed by atoms with Crippen LogP contribution in [0.15, 0.2) is 60.8 Å². The van der Waals surface area contributed by atoms with Gasteiger partial charge in [-0.3, -0.25) is 4.79 Å². The van der Waals surface area contributed by atoms with Crippen molar-refractivity contribution < 1.29 is 15.0 Å². The molecule has 0 aromatic carbocycles. The number of carbonyl (C=O) groups is 1. The Kier molecular flexibility index (Phi) is 32.1. The molecule has 0 saturated carbocycles. The molecule has 0 radical (unpaired) electrons. The Morgan fingerprint density at radius 3 is 1.67 bits per heavy atom. The Hall–Kier alpha value is -1.91. The third kappa shape index (κ3) is 29.6. The second-order valence-electron chi connectivity index (χ2n) is 11.5. The van der Waals surface area contributed by atoms with Gasteiger partial charge < -0.3 is 15.5 Å². The fourth-order valence-corrected chi connectivity index (χ4v) is 4.79. The lowest BCUT2D eigenvalue weighted by Crippen LogP contribution is -2.45. The zero-order valence-electron chi connectivity index (χ0n) is 27.5. The molecule has 2 unspecified atom stereocenters. The number of hydrogen-bond donors (Lipinski definition) is 3. The van der Waals surface area contributed by atoms with E-state index in [1.807, 2.05) is 6.08 Å². The summed E-state index contributed by atoms with van der Waals surface area (Å²) in [5.74, 6) is -0.0953. The van der Waals surface area contributed by atoms with Crippen LogP contribution < -0.4 is 5.32 Å². The molecule has 4 heteroatoms. The molecule has 0 spiro atoms. The fraction of sp³-hybridized carbons (Fsp3) is 0.711. The molecule has 0 aromatic heterocycles. The molecule has 0 bridgehead atoms. The fourth-order valence-electron chi connectivity index (χ4n) is 4.79. The van der Waals surface area contributed by atoms with E-state index in [9.17, 15) is 15.0 Å². The second-order valence-corrected chi connectivity index (χ2v) is 11.5. The summed E-state index contributed by atoms with van der Waals surface area (Å²) in [4.78, 5) is 12.3. The number of unbranched alkanes of at least 4 members (excludes halogenated alkanes) is 15. The van der Waals surface area contributed by atoms with Crippen molar-refractivity contribution in [2.45, 2.75) is 167 Å². The summed E-state index contributed by atoms with van der Waals surface area (Å²) >= 11 is 0. The monoisotopic (exact) mass is 586 g/mol. The van der Waals surface area contributed by atoms with E-state index >= 15 is 0 Å². The lowest BCUT2D eigenvalue weighted by molar-refractivity contribution is -0.123. The molecule has 0 aliphatic carbocycles. The molecule has 2 atom stereocenters. The van der Waals surface area contributed by atoms with Crippen molar-refractivity contribution in [3.8, 4) is 0 Å². The van der Waals surface area contributed by atoms with Crippen LogP contribution in [0.3, 0.4) is 0 Å². The van der Waals surface area contributed by atoms with E-state index in [4.69, 9.17) is 0 Å². The van der Waals surface area contributed by atoms with Crippen LogP contribution in [-0.4, -0.2) is 34.9 Å². The van der Waals surface area contributed by atoms with Crippen LogP contribution >= 0.6 is 0 Å². The summed E-state index contributed by atoms with van der Waals surface area (Å²) in [5.41, 5.74) is 0. The lowest BCUT2D eigenvalue weighted by atomic mass is 10.1. The van der Waals surface area contributed by atoms with Gasteiger partial charge in [-0.2, -0.15) is 0 Å². The second kappa shape index (κ2) is 33.6. The van der Waals surface area contributed by atoms with E-state index in [0.29, 0.717) is 6.42 Å². The molecule has 0 aliphatic rings. The molecular weight excluding hydrogens is 518 g/mol. The van der Waals surface area contributed by atoms with Gasteiger partial charge in [0.1, 0.15) is 0 Å². The molecular formula is C38H67NO3. The molecule has 42 heavy (non-hydrogen) atoms. The molecule has 0 aliphatic heterocycles. The molecule has 3 N–H and O–H groups in total. The summed E-state index contributed by atoms with van der Waals surface area (Å²) in [7, 11) is 0. The van der Waals surface area contributed by atoms with Gasteiger partial charge in [-0.05, 0) is 64.2 Å². The average molecular weight is 586 g/mol. The number of amides is 1. The maximum atomic E-state index is 12.3. The van der Waals surface area contributed by atoms with E-state index < -0.39 is 12.1 Å². The van der Waals surface area contributed by atoms with Crippen molar-refractivity contribution in [2.24, 2.45) is 0 Å². The molecule has 0 saturated heterocycles. The summed E-state index contributed by atoms with van der Waals surface area (Å²) < 4.78 is 0. The predicted molar refractivity (Wildman–Crippen MR) is 184 cm³/mol. The van der Waals surface area contributed by atoms with Crippen molar-refractivity contribution in [1.29, 1.82) is 0 Å². The molecule has 0 fully saturated rings. The first kappa shape index (κ1) is 40.1. The average Bonchev–Trinajstić information content (AvgIpc) is 2.99. The van der Waals surface area contributed by atoms with Gasteiger partial charge in [-0.1, -0.05) is 145 Å². The number of rotatable bonds is 30. The number of aliphatic hydroxyl groups is 2. The largest absolute Gasteiger partial charge is 0.394 e. The highest BCUT2D eigenvalue weighted by atomic mass is 16.3. The standard InChI is InChI=1S/C38H67NO3/c1-3-5-7-9-11-13-15-17-19-21-23-25-27-29-31-33-37(41)36(35-40)39-38(42)34-32-30-28-26-24-22-20-18-16-14-12-10-8-6-4-2/h6,8,12,14,18,20,23,25,31,33,36-37,40-41H,3-5,7,9-11,13,15-17,19,21-22,24,26-30,32,34-35H2,1-2H3,(H,39,42)/b8-6-,14-12-,20-18-,25-23+,33-31+. The molecule has 1 amide bonds. The smallest absolute Gasteiger partial charge is 0.220 e. The van der Waals surface area contributed by atoms with E-state index in [2.05, 4.69) is 67.8 Å². The summed E-state index contributed by atoms with van der Waals surface area (Å²) in [6.45, 7) is 4.15. The topological polar surface area (TPSA) is 69.6 Å². The van der Waals surface area contributed by atoms with Crippen molar-refractivity contribution in [3.05, 3.63) is 60.8 Å². The predicted octanol–water partition coefficient (Wildman–Crippen LogP) is 10.2. The SMILES string of the molecule is CC/C=C\C/C=C\C/C=C\CCCCCCCC(=O)NC(CO)C(O)/C=C/CC/C=C/CCCCCCCCCCC. The number of hydrogen-bond acceptors (Lipinski definition) is 3. The van der Waals surface area contributed by atoms with E-state index in [1.54, 1.807) is 6.08 Å². The zero-order chi connectivity index (χ0) is 30.8. The molecule has 4 nitrogen and oxygen atoms in total. The van der Waals surface area contributed by atoms with Gasteiger partial charge in [-0.15, -0.1) is 0 Å². The maximum Gasteiger partial charge on any atom is 0.220 e. The third-order valence-electron chi connectivity index (χ3n) is 7.48. The zero-order valence-corrected chi connectivity index (χ0v) is 27.5. The van der Waals surface area contributed by atoms with Crippen molar-refractivity contribution in [2.75, 3.05) is 6.61 Å². The maximum absolute atomic E-state index is 12.3. The van der Waals surface area contributed by atoms with Crippen LogP contribution in [0.2, 0.25) is 0 Å². The van der Waals surface area contributed by atoms with Gasteiger partial charge in [0.15, 0.2) is 0 Å². The summed E-state index contributed by atoms with van der Waals surface area (Å²) in [6.07, 6.45) is 45.8. The van der Waals surface area contributed by atoms with E-state index in [-0.39, 0.29) is 12.5 Å². The molecule has 242 valence electrons. The number of aliphatic hydroxyl groups excluding tert-OH is 2. The first-order chi connectivity index (χ1) is 20.7. The number of nitrogens with one attached hydrogen (secondary N) is 1. The Bertz CT molecular complexity index is 722. The number of carbonyl (C=O) groups excluding carboxylic acids is 1. The Balaban J connectivity index is 3.75. The summed E-state index contributed by atoms with van der Waals surface area (Å²) in [6, 6.07) is -0.648. The Labute approximate surface area is 260 Å².